The van der Waals surface area contributed by atoms with Gasteiger partial charge in [-0.1, -0.05) is 0 Å². The van der Waals surface area contributed by atoms with E-state index in [-0.39, 0.29) is 6.29 Å². The van der Waals surface area contributed by atoms with Crippen LogP contribution in [0.25, 0.3) is 0 Å². The number of methoxy groups -OCH3 is 2. The van der Waals surface area contributed by atoms with Crippen molar-refractivity contribution >= 4 is 0 Å². The average Bonchev–Trinajstić information content (AvgIpc) is 2.90. The molecule has 18 heavy (non-hydrogen) atoms. The fourth-order valence-corrected chi connectivity index (χ4v) is 2.45. The zero-order valence-electron chi connectivity index (χ0n) is 12.1. The Morgan fingerprint density at radius 1 is 1.22 bits per heavy atom. The number of hydrogen-bond acceptors (Lipinski definition) is 5. The van der Waals surface area contributed by atoms with Gasteiger partial charge in [-0.15, -0.1) is 0 Å². The highest BCUT2D eigenvalue weighted by Gasteiger charge is 2.20. The first-order valence-electron chi connectivity index (χ1n) is 6.89. The van der Waals surface area contributed by atoms with E-state index in [1.165, 1.54) is 25.9 Å². The van der Waals surface area contributed by atoms with Gasteiger partial charge in [0.25, 0.3) is 0 Å². The molecule has 0 saturated carbocycles. The van der Waals surface area contributed by atoms with E-state index in [0.717, 1.165) is 19.5 Å². The molecule has 0 amide bonds. The summed E-state index contributed by atoms with van der Waals surface area (Å²) in [6.45, 7) is 5.33. The van der Waals surface area contributed by atoms with Gasteiger partial charge in [0.05, 0.1) is 0 Å². The zero-order valence-corrected chi connectivity index (χ0v) is 12.1. The summed E-state index contributed by atoms with van der Waals surface area (Å²) < 4.78 is 10.5. The molecule has 1 fully saturated rings. The molecule has 0 spiro atoms. The lowest BCUT2D eigenvalue weighted by molar-refractivity contribution is -0.115. The molecule has 1 saturated heterocycles. The van der Waals surface area contributed by atoms with Crippen molar-refractivity contribution in [3.05, 3.63) is 0 Å². The van der Waals surface area contributed by atoms with Crippen LogP contribution in [0.4, 0.5) is 0 Å². The average molecular weight is 259 g/mol. The van der Waals surface area contributed by atoms with Gasteiger partial charge in [-0.2, -0.15) is 0 Å². The first-order valence-corrected chi connectivity index (χ1v) is 6.89. The molecule has 108 valence electrons. The highest BCUT2D eigenvalue weighted by molar-refractivity contribution is 4.74. The predicted molar refractivity (Wildman–Crippen MR) is 73.6 cm³/mol. The second-order valence-electron chi connectivity index (χ2n) is 5.06. The molecule has 0 bridgehead atoms. The summed E-state index contributed by atoms with van der Waals surface area (Å²) >= 11 is 0. The molecule has 1 aliphatic heterocycles. The predicted octanol–water partition coefficient (Wildman–Crippen LogP) is 0.350. The third-order valence-corrected chi connectivity index (χ3v) is 3.85. The van der Waals surface area contributed by atoms with Gasteiger partial charge >= 0.3 is 0 Å². The minimum absolute atomic E-state index is 0.159. The van der Waals surface area contributed by atoms with E-state index in [9.17, 15) is 0 Å². The van der Waals surface area contributed by atoms with Gasteiger partial charge in [0.2, 0.25) is 0 Å². The maximum absolute atomic E-state index is 5.85. The minimum Gasteiger partial charge on any atom is -0.356 e. The quantitative estimate of drug-likeness (QED) is 0.606. The first kappa shape index (κ1) is 15.9. The fourth-order valence-electron chi connectivity index (χ4n) is 2.45. The van der Waals surface area contributed by atoms with Crippen molar-refractivity contribution in [1.82, 2.24) is 9.80 Å². The molecule has 0 aromatic heterocycles. The van der Waals surface area contributed by atoms with Crippen LogP contribution in [0.5, 0.6) is 0 Å². The summed E-state index contributed by atoms with van der Waals surface area (Å²) in [6.07, 6.45) is 3.35. The van der Waals surface area contributed by atoms with Crippen molar-refractivity contribution < 1.29 is 9.47 Å². The standard InChI is InChI=1S/C13H29N3O2/c1-15(8-9-16-6-4-5-7-16)12(11-14)10-13(17-2)18-3/h12-13H,4-11,14H2,1-3H3. The van der Waals surface area contributed by atoms with E-state index in [1.807, 2.05) is 0 Å². The molecule has 5 heteroatoms. The third kappa shape index (κ3) is 5.20. The van der Waals surface area contributed by atoms with Crippen LogP contribution in [0.3, 0.4) is 0 Å². The van der Waals surface area contributed by atoms with Gasteiger partial charge in [0.15, 0.2) is 6.29 Å². The highest BCUT2D eigenvalue weighted by Crippen LogP contribution is 2.10. The largest absolute Gasteiger partial charge is 0.356 e. The Bertz CT molecular complexity index is 206. The Morgan fingerprint density at radius 3 is 2.33 bits per heavy atom. The van der Waals surface area contributed by atoms with Crippen LogP contribution in [-0.2, 0) is 9.47 Å². The van der Waals surface area contributed by atoms with Crippen LogP contribution < -0.4 is 5.73 Å². The molecule has 0 aliphatic carbocycles. The Balaban J connectivity index is 2.28. The van der Waals surface area contributed by atoms with E-state index < -0.39 is 0 Å². The normalized spacial score (nSPS) is 19.0. The third-order valence-electron chi connectivity index (χ3n) is 3.85. The molecular weight excluding hydrogens is 230 g/mol. The van der Waals surface area contributed by atoms with Gasteiger partial charge in [-0.3, -0.25) is 0 Å². The molecule has 1 unspecified atom stereocenters. The van der Waals surface area contributed by atoms with Crippen LogP contribution in [0, 0.1) is 0 Å². The molecule has 1 rings (SSSR count). The van der Waals surface area contributed by atoms with E-state index in [1.54, 1.807) is 14.2 Å². The molecule has 2 N–H and O–H groups in total. The Kier molecular flexibility index (Phi) is 7.77. The second-order valence-corrected chi connectivity index (χ2v) is 5.06. The number of rotatable bonds is 9. The van der Waals surface area contributed by atoms with Crippen LogP contribution in [0.2, 0.25) is 0 Å². The fraction of sp³-hybridized carbons (Fsp3) is 1.00. The molecule has 0 aromatic carbocycles. The Hall–Kier alpha value is -0.200. The number of likely N-dealkylation sites (tertiary alicyclic amines) is 1. The van der Waals surface area contributed by atoms with E-state index in [4.69, 9.17) is 15.2 Å². The number of ether oxygens (including phenoxy) is 2. The SMILES string of the molecule is COC(CC(CN)N(C)CCN1CCCC1)OC. The summed E-state index contributed by atoms with van der Waals surface area (Å²) in [5, 5.41) is 0. The monoisotopic (exact) mass is 259 g/mol. The number of nitrogens with two attached hydrogens (primary N) is 1. The smallest absolute Gasteiger partial charge is 0.158 e. The van der Waals surface area contributed by atoms with Crippen molar-refractivity contribution in [2.45, 2.75) is 31.6 Å². The van der Waals surface area contributed by atoms with Crippen molar-refractivity contribution in [1.29, 1.82) is 0 Å². The summed E-state index contributed by atoms with van der Waals surface area (Å²) in [7, 11) is 5.48. The van der Waals surface area contributed by atoms with Crippen molar-refractivity contribution in [3.8, 4) is 0 Å². The van der Waals surface area contributed by atoms with Crippen LogP contribution in [-0.4, -0.2) is 76.1 Å². The zero-order chi connectivity index (χ0) is 13.4. The maximum atomic E-state index is 5.85. The number of nitrogens with zero attached hydrogens (tertiary/aromatic N) is 2. The summed E-state index contributed by atoms with van der Waals surface area (Å²) in [4.78, 5) is 4.84. The van der Waals surface area contributed by atoms with Crippen molar-refractivity contribution in [3.63, 3.8) is 0 Å². The van der Waals surface area contributed by atoms with Crippen molar-refractivity contribution in [2.75, 3.05) is 54.0 Å². The van der Waals surface area contributed by atoms with Gasteiger partial charge < -0.3 is 25.0 Å². The lowest BCUT2D eigenvalue weighted by Gasteiger charge is -2.30. The van der Waals surface area contributed by atoms with Gasteiger partial charge in [0, 0.05) is 46.3 Å². The van der Waals surface area contributed by atoms with Crippen LogP contribution in [0.1, 0.15) is 19.3 Å². The Labute approximate surface area is 111 Å². The van der Waals surface area contributed by atoms with E-state index >= 15 is 0 Å². The van der Waals surface area contributed by atoms with Gasteiger partial charge in [-0.25, -0.2) is 0 Å². The molecule has 5 nitrogen and oxygen atoms in total. The second kappa shape index (κ2) is 8.82. The van der Waals surface area contributed by atoms with Crippen molar-refractivity contribution in [2.24, 2.45) is 5.73 Å². The molecule has 0 radical (unpaired) electrons. The molecule has 1 aliphatic rings. The van der Waals surface area contributed by atoms with Gasteiger partial charge in [0.1, 0.15) is 0 Å². The Morgan fingerprint density at radius 2 is 1.83 bits per heavy atom. The summed E-state index contributed by atoms with van der Waals surface area (Å²) in [5.74, 6) is 0. The molecule has 0 aromatic rings. The summed E-state index contributed by atoms with van der Waals surface area (Å²) in [6, 6.07) is 0.317. The topological polar surface area (TPSA) is 51.0 Å². The number of likely N-dealkylation sites (N-methyl/N-ethyl adjacent to an activating group) is 1. The first-order chi connectivity index (χ1) is 8.71. The lowest BCUT2D eigenvalue weighted by atomic mass is 10.1. The number of hydrogen-bond donors (Lipinski definition) is 1. The molecule has 1 atom stereocenters. The van der Waals surface area contributed by atoms with Gasteiger partial charge in [-0.05, 0) is 33.0 Å². The molecule has 1 heterocycles. The van der Waals surface area contributed by atoms with Crippen LogP contribution in [0.15, 0.2) is 0 Å². The van der Waals surface area contributed by atoms with E-state index in [0.29, 0.717) is 12.6 Å². The highest BCUT2D eigenvalue weighted by atomic mass is 16.7. The summed E-state index contributed by atoms with van der Waals surface area (Å²) in [5.41, 5.74) is 5.85. The minimum atomic E-state index is -0.159. The van der Waals surface area contributed by atoms with Crippen LogP contribution >= 0.6 is 0 Å². The lowest BCUT2D eigenvalue weighted by Crippen LogP contribution is -2.44. The maximum Gasteiger partial charge on any atom is 0.158 e. The molecular formula is C13H29N3O2. The van der Waals surface area contributed by atoms with E-state index in [2.05, 4.69) is 16.8 Å².